The van der Waals surface area contributed by atoms with Crippen molar-refractivity contribution in [1.29, 1.82) is 0 Å². The number of hydrogen-bond acceptors (Lipinski definition) is 5. The summed E-state index contributed by atoms with van der Waals surface area (Å²) in [5.74, 6) is 2.17. The molecule has 0 aromatic carbocycles. The average Bonchev–Trinajstić information content (AvgIpc) is 2.89. The van der Waals surface area contributed by atoms with Gasteiger partial charge in [0.15, 0.2) is 0 Å². The third kappa shape index (κ3) is 3.12. The Kier molecular flexibility index (Phi) is 4.28. The molecule has 0 radical (unpaired) electrons. The molecule has 6 nitrogen and oxygen atoms in total. The van der Waals surface area contributed by atoms with Gasteiger partial charge in [-0.1, -0.05) is 15.9 Å². The molecule has 0 saturated carbocycles. The van der Waals surface area contributed by atoms with Crippen LogP contribution in [0.15, 0.2) is 6.07 Å². The first-order valence-electron chi connectivity index (χ1n) is 7.43. The first kappa shape index (κ1) is 14.6. The fraction of sp³-hybridized carbons (Fsp3) is 0.643. The molecule has 21 heavy (non-hydrogen) atoms. The van der Waals surface area contributed by atoms with Gasteiger partial charge in [-0.3, -0.25) is 9.69 Å². The van der Waals surface area contributed by atoms with E-state index in [0.29, 0.717) is 24.7 Å². The topological polar surface area (TPSA) is 75.3 Å². The molecule has 2 saturated heterocycles. The highest BCUT2D eigenvalue weighted by atomic mass is 79.9. The van der Waals surface area contributed by atoms with Crippen molar-refractivity contribution < 1.29 is 4.79 Å². The largest absolute Gasteiger partial charge is 0.368 e. The summed E-state index contributed by atoms with van der Waals surface area (Å²) in [5, 5.41) is 0.828. The van der Waals surface area contributed by atoms with Gasteiger partial charge in [0, 0.05) is 37.5 Å². The predicted molar refractivity (Wildman–Crippen MR) is 86.8 cm³/mol. The lowest BCUT2D eigenvalue weighted by molar-refractivity contribution is -0.117. The lowest BCUT2D eigenvalue weighted by atomic mass is 10.1. The van der Waals surface area contributed by atoms with Crippen molar-refractivity contribution in [2.75, 3.05) is 40.5 Å². The minimum Gasteiger partial charge on any atom is -0.368 e. The molecule has 1 unspecified atom stereocenters. The monoisotopic (exact) mass is 353 g/mol. The second-order valence-electron chi connectivity index (χ2n) is 5.72. The summed E-state index contributed by atoms with van der Waals surface area (Å²) in [4.78, 5) is 24.7. The van der Waals surface area contributed by atoms with Crippen LogP contribution in [0, 0.1) is 5.92 Å². The number of carbonyl (C=O) groups excluding carboxylic acids is 1. The van der Waals surface area contributed by atoms with E-state index >= 15 is 0 Å². The Balaban J connectivity index is 1.85. The molecular weight excluding hydrogens is 334 g/mol. The Hall–Kier alpha value is -1.37. The Morgan fingerprint density at radius 2 is 1.95 bits per heavy atom. The maximum absolute atomic E-state index is 12.1. The molecule has 1 atom stereocenters. The molecule has 2 aliphatic heterocycles. The van der Waals surface area contributed by atoms with Crippen molar-refractivity contribution in [2.45, 2.75) is 25.7 Å². The van der Waals surface area contributed by atoms with Gasteiger partial charge in [0.25, 0.3) is 0 Å². The fourth-order valence-electron chi connectivity index (χ4n) is 2.97. The van der Waals surface area contributed by atoms with Gasteiger partial charge in [-0.2, -0.15) is 9.97 Å². The standard InChI is InChI=1S/C14H20BrN5O/c15-8-10-6-13(21)20(9-10)12-7-11(17-14(16)18-12)19-4-2-1-3-5-19/h7,10H,1-6,8-9H2,(H2,16,17,18). The van der Waals surface area contributed by atoms with Gasteiger partial charge in [-0.25, -0.2) is 0 Å². The second-order valence-corrected chi connectivity index (χ2v) is 6.37. The predicted octanol–water partition coefficient (Wildman–Crippen LogP) is 1.80. The fourth-order valence-corrected chi connectivity index (χ4v) is 3.40. The van der Waals surface area contributed by atoms with Crippen LogP contribution in [0.4, 0.5) is 17.6 Å². The third-order valence-electron chi connectivity index (χ3n) is 4.10. The van der Waals surface area contributed by atoms with Gasteiger partial charge < -0.3 is 10.6 Å². The van der Waals surface area contributed by atoms with Gasteiger partial charge in [-0.15, -0.1) is 0 Å². The van der Waals surface area contributed by atoms with Crippen LogP contribution in [0.5, 0.6) is 0 Å². The van der Waals surface area contributed by atoms with E-state index in [1.54, 1.807) is 4.90 Å². The molecular formula is C14H20BrN5O. The highest BCUT2D eigenvalue weighted by molar-refractivity contribution is 9.09. The molecule has 3 rings (SSSR count). The first-order chi connectivity index (χ1) is 10.2. The minimum atomic E-state index is 0.113. The minimum absolute atomic E-state index is 0.113. The van der Waals surface area contributed by atoms with Crippen molar-refractivity contribution in [3.63, 3.8) is 0 Å². The number of nitrogens with zero attached hydrogens (tertiary/aromatic N) is 4. The molecule has 2 fully saturated rings. The van der Waals surface area contributed by atoms with Crippen molar-refractivity contribution in [3.05, 3.63) is 6.07 Å². The molecule has 2 aliphatic rings. The van der Waals surface area contributed by atoms with Crippen LogP contribution in [0.2, 0.25) is 0 Å². The number of halogens is 1. The van der Waals surface area contributed by atoms with Crippen LogP contribution in [0.25, 0.3) is 0 Å². The summed E-state index contributed by atoms with van der Waals surface area (Å²) in [6.07, 6.45) is 4.18. The van der Waals surface area contributed by atoms with E-state index in [2.05, 4.69) is 30.8 Å². The van der Waals surface area contributed by atoms with Crippen LogP contribution in [0.3, 0.4) is 0 Å². The highest BCUT2D eigenvalue weighted by Crippen LogP contribution is 2.28. The van der Waals surface area contributed by atoms with Gasteiger partial charge in [-0.05, 0) is 25.2 Å². The zero-order chi connectivity index (χ0) is 14.8. The summed E-state index contributed by atoms with van der Waals surface area (Å²) < 4.78 is 0. The number of nitrogens with two attached hydrogens (primary N) is 1. The van der Waals surface area contributed by atoms with E-state index in [9.17, 15) is 4.79 Å². The molecule has 0 aliphatic carbocycles. The van der Waals surface area contributed by atoms with E-state index in [0.717, 1.165) is 24.2 Å². The molecule has 7 heteroatoms. The molecule has 3 heterocycles. The smallest absolute Gasteiger partial charge is 0.228 e. The number of nitrogen functional groups attached to an aromatic ring is 1. The highest BCUT2D eigenvalue weighted by Gasteiger charge is 2.31. The maximum Gasteiger partial charge on any atom is 0.228 e. The number of aromatic nitrogens is 2. The normalized spacial score (nSPS) is 22.9. The Morgan fingerprint density at radius 3 is 2.62 bits per heavy atom. The van der Waals surface area contributed by atoms with Gasteiger partial charge in [0.05, 0.1) is 0 Å². The van der Waals surface area contributed by atoms with Crippen molar-refractivity contribution >= 4 is 39.4 Å². The Labute approximate surface area is 132 Å². The van der Waals surface area contributed by atoms with Gasteiger partial charge in [0.2, 0.25) is 11.9 Å². The molecule has 114 valence electrons. The van der Waals surface area contributed by atoms with Gasteiger partial charge in [0.1, 0.15) is 11.6 Å². The Bertz CT molecular complexity index is 532. The summed E-state index contributed by atoms with van der Waals surface area (Å²) >= 11 is 3.45. The maximum atomic E-state index is 12.1. The van der Waals surface area contributed by atoms with Crippen LogP contribution >= 0.6 is 15.9 Å². The van der Waals surface area contributed by atoms with E-state index in [4.69, 9.17) is 5.73 Å². The van der Waals surface area contributed by atoms with E-state index in [1.807, 2.05) is 6.07 Å². The van der Waals surface area contributed by atoms with Crippen LogP contribution in [0.1, 0.15) is 25.7 Å². The second kappa shape index (κ2) is 6.17. The van der Waals surface area contributed by atoms with Crippen molar-refractivity contribution in [3.8, 4) is 0 Å². The summed E-state index contributed by atoms with van der Waals surface area (Å²) in [6, 6.07) is 1.90. The van der Waals surface area contributed by atoms with Crippen LogP contribution < -0.4 is 15.5 Å². The third-order valence-corrected chi connectivity index (χ3v) is 5.01. The van der Waals surface area contributed by atoms with E-state index < -0.39 is 0 Å². The summed E-state index contributed by atoms with van der Waals surface area (Å²) in [5.41, 5.74) is 5.85. The number of anilines is 3. The van der Waals surface area contributed by atoms with Crippen LogP contribution in [-0.4, -0.2) is 40.8 Å². The zero-order valence-electron chi connectivity index (χ0n) is 12.0. The van der Waals surface area contributed by atoms with Crippen molar-refractivity contribution in [1.82, 2.24) is 9.97 Å². The number of carbonyl (C=O) groups is 1. The molecule has 0 bridgehead atoms. The zero-order valence-corrected chi connectivity index (χ0v) is 13.5. The number of hydrogen-bond donors (Lipinski definition) is 1. The quantitative estimate of drug-likeness (QED) is 0.838. The Morgan fingerprint density at radius 1 is 1.24 bits per heavy atom. The lowest BCUT2D eigenvalue weighted by Gasteiger charge is -2.28. The summed E-state index contributed by atoms with van der Waals surface area (Å²) in [6.45, 7) is 2.68. The molecule has 1 aromatic rings. The number of alkyl halides is 1. The average molecular weight is 354 g/mol. The number of amides is 1. The SMILES string of the molecule is Nc1nc(N2CCCCC2)cc(N2CC(CBr)CC2=O)n1. The van der Waals surface area contributed by atoms with E-state index in [1.165, 1.54) is 19.3 Å². The number of piperidine rings is 1. The van der Waals surface area contributed by atoms with E-state index in [-0.39, 0.29) is 11.9 Å². The molecule has 0 spiro atoms. The number of rotatable bonds is 3. The molecule has 1 aromatic heterocycles. The first-order valence-corrected chi connectivity index (χ1v) is 8.55. The molecule has 1 amide bonds. The lowest BCUT2D eigenvalue weighted by Crippen LogP contribution is -2.31. The van der Waals surface area contributed by atoms with Gasteiger partial charge >= 0.3 is 0 Å². The molecule has 2 N–H and O–H groups in total. The summed E-state index contributed by atoms with van der Waals surface area (Å²) in [7, 11) is 0. The van der Waals surface area contributed by atoms with Crippen LogP contribution in [-0.2, 0) is 4.79 Å². The van der Waals surface area contributed by atoms with Crippen molar-refractivity contribution in [2.24, 2.45) is 5.92 Å².